The summed E-state index contributed by atoms with van der Waals surface area (Å²) in [5, 5.41) is 7.28. The van der Waals surface area contributed by atoms with Crippen LogP contribution >= 0.6 is 27.7 Å². The highest BCUT2D eigenvalue weighted by Crippen LogP contribution is 2.19. The highest BCUT2D eigenvalue weighted by Gasteiger charge is 2.19. The zero-order valence-electron chi connectivity index (χ0n) is 12.5. The van der Waals surface area contributed by atoms with Gasteiger partial charge in [0.25, 0.3) is 0 Å². The number of halogens is 1. The number of benzene rings is 1. The molecule has 1 aliphatic rings. The number of nitrogens with one attached hydrogen (secondary N) is 1. The largest absolute Gasteiger partial charge is 0.493 e. The van der Waals surface area contributed by atoms with Crippen molar-refractivity contribution in [2.75, 3.05) is 19.0 Å². The molecule has 0 amide bonds. The summed E-state index contributed by atoms with van der Waals surface area (Å²) in [6, 6.07) is 7.71. The molecule has 0 unspecified atom stereocenters. The first kappa shape index (κ1) is 16.6. The second kappa shape index (κ2) is 8.03. The van der Waals surface area contributed by atoms with Gasteiger partial charge in [-0.15, -0.1) is 5.10 Å². The summed E-state index contributed by atoms with van der Waals surface area (Å²) in [5.41, 5.74) is -0.183. The third kappa shape index (κ3) is 4.62. The summed E-state index contributed by atoms with van der Waals surface area (Å²) < 4.78 is 13.9. The number of rotatable bonds is 7. The standard InChI is InChI=1S/C15H18BrN3O3S/c16-11-3-5-12(6-4-11)22-8-9-23-15-18-17-14(20)19(15)10-13-2-1-7-21-13/h3-6,13H,1-2,7-10H2,(H,17,20)/t13-/m0/s1. The molecule has 23 heavy (non-hydrogen) atoms. The van der Waals surface area contributed by atoms with Gasteiger partial charge < -0.3 is 9.47 Å². The van der Waals surface area contributed by atoms with Crippen LogP contribution in [-0.2, 0) is 11.3 Å². The molecular formula is C15H18BrN3O3S. The molecule has 0 spiro atoms. The molecule has 0 saturated carbocycles. The number of hydrogen-bond acceptors (Lipinski definition) is 5. The van der Waals surface area contributed by atoms with E-state index in [0.717, 1.165) is 29.7 Å². The average Bonchev–Trinajstić information content (AvgIpc) is 3.18. The van der Waals surface area contributed by atoms with Crippen LogP contribution in [0.1, 0.15) is 12.8 Å². The molecule has 1 saturated heterocycles. The van der Waals surface area contributed by atoms with E-state index in [1.54, 1.807) is 4.57 Å². The Kier molecular flexibility index (Phi) is 5.80. The van der Waals surface area contributed by atoms with E-state index in [2.05, 4.69) is 26.1 Å². The van der Waals surface area contributed by atoms with Crippen molar-refractivity contribution in [2.45, 2.75) is 30.6 Å². The molecule has 1 N–H and O–H groups in total. The van der Waals surface area contributed by atoms with Crippen LogP contribution < -0.4 is 10.4 Å². The van der Waals surface area contributed by atoms with E-state index in [-0.39, 0.29) is 11.8 Å². The smallest absolute Gasteiger partial charge is 0.344 e. The van der Waals surface area contributed by atoms with Gasteiger partial charge in [0.15, 0.2) is 5.16 Å². The molecule has 0 radical (unpaired) electrons. The SMILES string of the molecule is O=c1[nH]nc(SCCOc2ccc(Br)cc2)n1C[C@@H]1CCCO1. The monoisotopic (exact) mass is 399 g/mol. The molecule has 2 aromatic rings. The zero-order chi connectivity index (χ0) is 16.1. The predicted molar refractivity (Wildman–Crippen MR) is 92.2 cm³/mol. The number of H-pyrrole nitrogens is 1. The Morgan fingerprint density at radius 2 is 2.26 bits per heavy atom. The fraction of sp³-hybridized carbons (Fsp3) is 0.467. The highest BCUT2D eigenvalue weighted by molar-refractivity contribution is 9.10. The maximum Gasteiger partial charge on any atom is 0.344 e. The van der Waals surface area contributed by atoms with Crippen molar-refractivity contribution >= 4 is 27.7 Å². The minimum absolute atomic E-state index is 0.115. The van der Waals surface area contributed by atoms with Crippen LogP contribution in [0.25, 0.3) is 0 Å². The summed E-state index contributed by atoms with van der Waals surface area (Å²) in [6.45, 7) is 1.89. The van der Waals surface area contributed by atoms with Gasteiger partial charge >= 0.3 is 5.69 Å². The number of thioether (sulfide) groups is 1. The number of nitrogens with zero attached hydrogens (tertiary/aromatic N) is 2. The van der Waals surface area contributed by atoms with E-state index in [4.69, 9.17) is 9.47 Å². The molecule has 8 heteroatoms. The lowest BCUT2D eigenvalue weighted by Gasteiger charge is -2.11. The predicted octanol–water partition coefficient (Wildman–Crippen LogP) is 2.68. The first-order chi connectivity index (χ1) is 11.2. The van der Waals surface area contributed by atoms with Crippen LogP contribution in [0.5, 0.6) is 5.75 Å². The lowest BCUT2D eigenvalue weighted by atomic mass is 10.2. The summed E-state index contributed by atoms with van der Waals surface area (Å²) in [6.07, 6.45) is 2.17. The number of hydrogen-bond donors (Lipinski definition) is 1. The minimum atomic E-state index is -0.183. The maximum absolute atomic E-state index is 11.9. The number of aromatic nitrogens is 3. The van der Waals surface area contributed by atoms with Crippen LogP contribution in [0, 0.1) is 0 Å². The first-order valence-corrected chi connectivity index (χ1v) is 9.28. The first-order valence-electron chi connectivity index (χ1n) is 7.50. The van der Waals surface area contributed by atoms with Crippen LogP contribution in [0.2, 0.25) is 0 Å². The van der Waals surface area contributed by atoms with Crippen molar-refractivity contribution in [2.24, 2.45) is 0 Å². The Hall–Kier alpha value is -1.25. The third-order valence-electron chi connectivity index (χ3n) is 3.53. The molecule has 1 aromatic carbocycles. The van der Waals surface area contributed by atoms with Crippen LogP contribution in [-0.4, -0.2) is 39.8 Å². The molecule has 0 aliphatic carbocycles. The molecule has 3 rings (SSSR count). The highest BCUT2D eigenvalue weighted by atomic mass is 79.9. The summed E-state index contributed by atoms with van der Waals surface area (Å²) >= 11 is 4.89. The van der Waals surface area contributed by atoms with Crippen LogP contribution in [0.15, 0.2) is 38.7 Å². The lowest BCUT2D eigenvalue weighted by molar-refractivity contribution is 0.0941. The second-order valence-electron chi connectivity index (χ2n) is 5.21. The van der Waals surface area contributed by atoms with E-state index in [9.17, 15) is 4.79 Å². The van der Waals surface area contributed by atoms with Gasteiger partial charge in [-0.3, -0.25) is 4.57 Å². The minimum Gasteiger partial charge on any atom is -0.493 e. The Balaban J connectivity index is 1.50. The Morgan fingerprint density at radius 1 is 1.43 bits per heavy atom. The molecule has 6 nitrogen and oxygen atoms in total. The fourth-order valence-corrected chi connectivity index (χ4v) is 3.43. The van der Waals surface area contributed by atoms with Crippen molar-refractivity contribution in [3.63, 3.8) is 0 Å². The van der Waals surface area contributed by atoms with Gasteiger partial charge in [0.2, 0.25) is 0 Å². The lowest BCUT2D eigenvalue weighted by Crippen LogP contribution is -2.25. The van der Waals surface area contributed by atoms with E-state index < -0.39 is 0 Å². The molecule has 1 atom stereocenters. The number of aromatic amines is 1. The van der Waals surface area contributed by atoms with E-state index in [0.29, 0.717) is 24.1 Å². The average molecular weight is 400 g/mol. The van der Waals surface area contributed by atoms with Crippen molar-refractivity contribution in [3.8, 4) is 5.75 Å². The Labute approximate surface area is 146 Å². The third-order valence-corrected chi connectivity index (χ3v) is 5.00. The van der Waals surface area contributed by atoms with Gasteiger partial charge in [-0.1, -0.05) is 27.7 Å². The van der Waals surface area contributed by atoms with Gasteiger partial charge in [0.05, 0.1) is 19.3 Å². The second-order valence-corrected chi connectivity index (χ2v) is 7.19. The number of ether oxygens (including phenoxy) is 2. The molecule has 1 fully saturated rings. The Bertz CT molecular complexity index is 680. The molecule has 2 heterocycles. The van der Waals surface area contributed by atoms with Crippen LogP contribution in [0.3, 0.4) is 0 Å². The van der Waals surface area contributed by atoms with Gasteiger partial charge in [-0.05, 0) is 37.1 Å². The molecular weight excluding hydrogens is 382 g/mol. The molecule has 1 aromatic heterocycles. The van der Waals surface area contributed by atoms with Gasteiger partial charge in [0, 0.05) is 16.8 Å². The normalized spacial score (nSPS) is 17.5. The zero-order valence-corrected chi connectivity index (χ0v) is 14.9. The van der Waals surface area contributed by atoms with E-state index in [1.807, 2.05) is 24.3 Å². The van der Waals surface area contributed by atoms with Gasteiger partial charge in [0.1, 0.15) is 5.75 Å². The van der Waals surface area contributed by atoms with Crippen molar-refractivity contribution < 1.29 is 9.47 Å². The van der Waals surface area contributed by atoms with Crippen molar-refractivity contribution in [3.05, 3.63) is 39.2 Å². The van der Waals surface area contributed by atoms with Gasteiger partial charge in [-0.2, -0.15) is 0 Å². The quantitative estimate of drug-likeness (QED) is 0.572. The van der Waals surface area contributed by atoms with E-state index in [1.165, 1.54) is 11.8 Å². The Morgan fingerprint density at radius 3 is 3.00 bits per heavy atom. The summed E-state index contributed by atoms with van der Waals surface area (Å²) in [7, 11) is 0. The van der Waals surface area contributed by atoms with Crippen molar-refractivity contribution in [1.29, 1.82) is 0 Å². The van der Waals surface area contributed by atoms with E-state index >= 15 is 0 Å². The summed E-state index contributed by atoms with van der Waals surface area (Å²) in [4.78, 5) is 11.9. The summed E-state index contributed by atoms with van der Waals surface area (Å²) in [5.74, 6) is 1.54. The molecule has 0 bridgehead atoms. The fourth-order valence-electron chi connectivity index (χ4n) is 2.39. The molecule has 124 valence electrons. The van der Waals surface area contributed by atoms with Crippen molar-refractivity contribution in [1.82, 2.24) is 14.8 Å². The van der Waals surface area contributed by atoms with Crippen LogP contribution in [0.4, 0.5) is 0 Å². The maximum atomic E-state index is 11.9. The molecule has 1 aliphatic heterocycles. The topological polar surface area (TPSA) is 69.1 Å². The van der Waals surface area contributed by atoms with Gasteiger partial charge in [-0.25, -0.2) is 9.89 Å².